The minimum absolute atomic E-state index is 0.237. The first kappa shape index (κ1) is 29.8. The Bertz CT molecular complexity index is 1080. The molecule has 0 radical (unpaired) electrons. The smallest absolute Gasteiger partial charge is 0.330 e. The fourth-order valence-electron chi connectivity index (χ4n) is 4.27. The molecule has 36 heavy (non-hydrogen) atoms. The summed E-state index contributed by atoms with van der Waals surface area (Å²) in [4.78, 5) is 26.9. The number of esters is 1. The Morgan fingerprint density at radius 2 is 1.64 bits per heavy atom. The molecular formula is C29H43NO5S. The highest BCUT2D eigenvalue weighted by Gasteiger charge is 2.36. The number of amides is 1. The van der Waals surface area contributed by atoms with Gasteiger partial charge in [-0.25, -0.2) is 4.79 Å². The van der Waals surface area contributed by atoms with Gasteiger partial charge in [0.05, 0.1) is 18.1 Å². The fourth-order valence-corrected chi connectivity index (χ4v) is 5.69. The van der Waals surface area contributed by atoms with Crippen molar-refractivity contribution in [1.29, 1.82) is 0 Å². The van der Waals surface area contributed by atoms with E-state index in [0.29, 0.717) is 4.88 Å². The van der Waals surface area contributed by atoms with E-state index < -0.39 is 17.6 Å². The van der Waals surface area contributed by atoms with Crippen LogP contribution in [0.15, 0.2) is 24.3 Å². The molecule has 0 unspecified atom stereocenters. The first-order valence-corrected chi connectivity index (χ1v) is 13.4. The highest BCUT2D eigenvalue weighted by molar-refractivity contribution is 7.14. The van der Waals surface area contributed by atoms with E-state index in [0.717, 1.165) is 40.2 Å². The molecule has 0 aliphatic rings. The molecular weight excluding hydrogens is 474 g/mol. The van der Waals surface area contributed by atoms with Crippen molar-refractivity contribution in [2.75, 3.05) is 13.7 Å². The number of ether oxygens (including phenoxy) is 2. The van der Waals surface area contributed by atoms with Crippen molar-refractivity contribution in [1.82, 2.24) is 5.32 Å². The molecule has 6 nitrogen and oxygen atoms in total. The number of carbonyl (C=O) groups is 2. The molecule has 0 aliphatic heterocycles. The maximum absolute atomic E-state index is 13.1. The van der Waals surface area contributed by atoms with Gasteiger partial charge in [0, 0.05) is 10.3 Å². The summed E-state index contributed by atoms with van der Waals surface area (Å²) in [6.07, 6.45) is 1.16. The van der Waals surface area contributed by atoms with Crippen LogP contribution in [0.1, 0.15) is 92.5 Å². The van der Waals surface area contributed by atoms with Gasteiger partial charge in [-0.2, -0.15) is 0 Å². The van der Waals surface area contributed by atoms with E-state index in [1.54, 1.807) is 13.8 Å². The Balaban J connectivity index is 2.39. The van der Waals surface area contributed by atoms with Crippen molar-refractivity contribution in [2.24, 2.45) is 5.41 Å². The first-order valence-electron chi connectivity index (χ1n) is 12.6. The summed E-state index contributed by atoms with van der Waals surface area (Å²) in [5.41, 5.74) is 1.42. The molecule has 2 rings (SSSR count). The maximum atomic E-state index is 13.1. The summed E-state index contributed by atoms with van der Waals surface area (Å²) in [6.45, 7) is 17.7. The molecule has 1 atom stereocenters. The average Bonchev–Trinajstić information content (AvgIpc) is 3.20. The van der Waals surface area contributed by atoms with Crippen molar-refractivity contribution >= 4 is 23.2 Å². The molecule has 0 aliphatic carbocycles. The number of aryl methyl sites for hydroxylation is 2. The van der Waals surface area contributed by atoms with Gasteiger partial charge < -0.3 is 19.9 Å². The number of thiophene rings is 1. The van der Waals surface area contributed by atoms with Gasteiger partial charge in [-0.05, 0) is 74.8 Å². The van der Waals surface area contributed by atoms with E-state index >= 15 is 0 Å². The number of hydrogen-bond acceptors (Lipinski definition) is 6. The number of hydrogen-bond donors (Lipinski definition) is 2. The fraction of sp³-hybridized carbons (Fsp3) is 0.586. The second-order valence-electron chi connectivity index (χ2n) is 11.2. The molecule has 2 aromatic rings. The van der Waals surface area contributed by atoms with Crippen molar-refractivity contribution in [3.63, 3.8) is 0 Å². The molecule has 0 fully saturated rings. The highest BCUT2D eigenvalue weighted by Crippen LogP contribution is 2.44. The van der Waals surface area contributed by atoms with Gasteiger partial charge in [-0.1, -0.05) is 46.8 Å². The van der Waals surface area contributed by atoms with E-state index in [2.05, 4.69) is 37.4 Å². The zero-order chi connectivity index (χ0) is 27.5. The largest absolute Gasteiger partial charge is 0.491 e. The Morgan fingerprint density at radius 3 is 2.14 bits per heavy atom. The van der Waals surface area contributed by atoms with E-state index in [1.807, 2.05) is 40.7 Å². The lowest BCUT2D eigenvalue weighted by molar-refractivity contribution is -0.146. The van der Waals surface area contributed by atoms with Crippen LogP contribution in [0.4, 0.5) is 0 Å². The summed E-state index contributed by atoms with van der Waals surface area (Å²) < 4.78 is 10.8. The Morgan fingerprint density at radius 1 is 1.03 bits per heavy atom. The third kappa shape index (κ3) is 6.30. The third-order valence-electron chi connectivity index (χ3n) is 7.05. The third-order valence-corrected chi connectivity index (χ3v) is 8.49. The van der Waals surface area contributed by atoms with Crippen LogP contribution in [-0.2, 0) is 14.9 Å². The maximum Gasteiger partial charge on any atom is 0.330 e. The van der Waals surface area contributed by atoms with E-state index in [4.69, 9.17) is 9.47 Å². The van der Waals surface area contributed by atoms with Crippen molar-refractivity contribution in [3.8, 4) is 5.75 Å². The van der Waals surface area contributed by atoms with Crippen molar-refractivity contribution in [3.05, 3.63) is 50.7 Å². The van der Waals surface area contributed by atoms with Gasteiger partial charge in [0.2, 0.25) is 0 Å². The molecule has 1 aromatic heterocycles. The van der Waals surface area contributed by atoms with Crippen LogP contribution in [0.25, 0.3) is 0 Å². The quantitative estimate of drug-likeness (QED) is 0.381. The molecule has 0 saturated heterocycles. The molecule has 2 N–H and O–H groups in total. The Kier molecular flexibility index (Phi) is 9.41. The average molecular weight is 518 g/mol. The van der Waals surface area contributed by atoms with Crippen LogP contribution >= 0.6 is 11.3 Å². The summed E-state index contributed by atoms with van der Waals surface area (Å²) >= 11 is 1.48. The van der Waals surface area contributed by atoms with E-state index in [1.165, 1.54) is 18.4 Å². The minimum atomic E-state index is -1.12. The summed E-state index contributed by atoms with van der Waals surface area (Å²) in [7, 11) is 1.31. The number of benzene rings is 1. The highest BCUT2D eigenvalue weighted by atomic mass is 32.1. The SMILES string of the molecule is CCC(CC)(c1ccc(OC[C@H](O)C(C)(C)C)c(C)c1)c1cc(C)c(C(=O)NC(C)(C)C(=O)OC)s1. The molecule has 200 valence electrons. The zero-order valence-corrected chi connectivity index (χ0v) is 24.3. The minimum Gasteiger partial charge on any atom is -0.491 e. The summed E-state index contributed by atoms with van der Waals surface area (Å²) in [6, 6.07) is 8.32. The topological polar surface area (TPSA) is 84.9 Å². The molecule has 1 heterocycles. The lowest BCUT2D eigenvalue weighted by Gasteiger charge is -2.32. The van der Waals surface area contributed by atoms with Crippen LogP contribution in [-0.4, -0.2) is 42.3 Å². The van der Waals surface area contributed by atoms with E-state index in [-0.39, 0.29) is 23.3 Å². The predicted molar refractivity (Wildman–Crippen MR) is 146 cm³/mol. The molecule has 1 amide bonds. The number of nitrogens with one attached hydrogen (secondary N) is 1. The number of rotatable bonds is 10. The van der Waals surface area contributed by atoms with E-state index in [9.17, 15) is 14.7 Å². The lowest BCUT2D eigenvalue weighted by atomic mass is 9.74. The van der Waals surface area contributed by atoms with Crippen molar-refractivity contribution < 1.29 is 24.2 Å². The molecule has 0 bridgehead atoms. The van der Waals surface area contributed by atoms with Crippen LogP contribution in [0, 0.1) is 19.3 Å². The van der Waals surface area contributed by atoms with Crippen LogP contribution in [0.3, 0.4) is 0 Å². The lowest BCUT2D eigenvalue weighted by Crippen LogP contribution is -2.50. The Labute approximate surface area is 220 Å². The van der Waals surface area contributed by atoms with Gasteiger partial charge in [0.25, 0.3) is 5.91 Å². The van der Waals surface area contributed by atoms with Crippen LogP contribution in [0.2, 0.25) is 0 Å². The van der Waals surface area contributed by atoms with Gasteiger partial charge in [0.15, 0.2) is 0 Å². The predicted octanol–water partition coefficient (Wildman–Crippen LogP) is 5.94. The molecule has 7 heteroatoms. The second-order valence-corrected chi connectivity index (χ2v) is 12.2. The van der Waals surface area contributed by atoms with Crippen molar-refractivity contribution in [2.45, 2.75) is 92.2 Å². The van der Waals surface area contributed by atoms with Gasteiger partial charge >= 0.3 is 5.97 Å². The van der Waals surface area contributed by atoms with Crippen LogP contribution < -0.4 is 10.1 Å². The number of aliphatic hydroxyl groups excluding tert-OH is 1. The van der Waals surface area contributed by atoms with Gasteiger partial charge in [-0.15, -0.1) is 11.3 Å². The number of carbonyl (C=O) groups excluding carboxylic acids is 2. The number of methoxy groups -OCH3 is 1. The molecule has 0 saturated carbocycles. The Hall–Kier alpha value is -2.38. The normalized spacial score (nSPS) is 13.3. The summed E-state index contributed by atoms with van der Waals surface area (Å²) in [5.74, 6) is -0.0113. The molecule has 0 spiro atoms. The number of aliphatic hydroxyl groups is 1. The monoisotopic (exact) mass is 517 g/mol. The first-order chi connectivity index (χ1) is 16.6. The molecule has 1 aromatic carbocycles. The second kappa shape index (κ2) is 11.3. The van der Waals surface area contributed by atoms with Gasteiger partial charge in [0.1, 0.15) is 17.9 Å². The van der Waals surface area contributed by atoms with Gasteiger partial charge in [-0.3, -0.25) is 4.79 Å². The standard InChI is InChI=1S/C29H43NO5S/c1-11-29(12-2,20-13-14-21(18(3)15-20)35-17-22(31)27(5,6)7)23-16-19(4)24(36-23)25(32)30-28(8,9)26(33)34-10/h13-16,22,31H,11-12,17H2,1-10H3,(H,30,32)/t22-/m0/s1. The van der Waals surface area contributed by atoms with Crippen LogP contribution in [0.5, 0.6) is 5.75 Å². The zero-order valence-electron chi connectivity index (χ0n) is 23.5. The summed E-state index contributed by atoms with van der Waals surface area (Å²) in [5, 5.41) is 13.2.